The van der Waals surface area contributed by atoms with Crippen molar-refractivity contribution in [3.8, 4) is 16.3 Å². The topological polar surface area (TPSA) is 86.2 Å². The smallest absolute Gasteiger partial charge is 0.434 e. The second-order valence-corrected chi connectivity index (χ2v) is 6.59. The Labute approximate surface area is 167 Å². The summed E-state index contributed by atoms with van der Waals surface area (Å²) in [5.41, 5.74) is -0.989. The highest BCUT2D eigenvalue weighted by Crippen LogP contribution is 2.37. The zero-order chi connectivity index (χ0) is 21.0. The number of thiazole rings is 1. The van der Waals surface area contributed by atoms with Crippen molar-refractivity contribution in [3.05, 3.63) is 47.2 Å². The maximum absolute atomic E-state index is 13.6. The van der Waals surface area contributed by atoms with Gasteiger partial charge in [-0.1, -0.05) is 0 Å². The van der Waals surface area contributed by atoms with Gasteiger partial charge in [-0.05, 0) is 31.2 Å². The number of hydrogen-bond donors (Lipinski definition) is 1. The van der Waals surface area contributed by atoms with Crippen LogP contribution in [0.15, 0.2) is 36.7 Å². The fourth-order valence-corrected chi connectivity index (χ4v) is 3.13. The van der Waals surface area contributed by atoms with Crippen LogP contribution in [-0.4, -0.2) is 34.6 Å². The predicted molar refractivity (Wildman–Crippen MR) is 100 cm³/mol. The lowest BCUT2D eigenvalue weighted by Crippen LogP contribution is -2.12. The van der Waals surface area contributed by atoms with Gasteiger partial charge in [-0.25, -0.2) is 19.7 Å². The van der Waals surface area contributed by atoms with Gasteiger partial charge in [0.1, 0.15) is 15.6 Å². The van der Waals surface area contributed by atoms with Crippen LogP contribution in [0.3, 0.4) is 0 Å². The number of carbonyl (C=O) groups is 1. The van der Waals surface area contributed by atoms with Crippen LogP contribution in [0.4, 0.5) is 24.8 Å². The van der Waals surface area contributed by atoms with E-state index < -0.39 is 17.8 Å². The second-order valence-electron chi connectivity index (χ2n) is 5.56. The van der Waals surface area contributed by atoms with Crippen LogP contribution in [0.2, 0.25) is 0 Å². The van der Waals surface area contributed by atoms with E-state index in [4.69, 9.17) is 9.47 Å². The summed E-state index contributed by atoms with van der Waals surface area (Å²) in [7, 11) is 1.51. The number of nitrogens with one attached hydrogen (secondary N) is 1. The summed E-state index contributed by atoms with van der Waals surface area (Å²) in [4.78, 5) is 23.3. The molecule has 0 aliphatic heterocycles. The van der Waals surface area contributed by atoms with Gasteiger partial charge in [0, 0.05) is 11.9 Å². The summed E-state index contributed by atoms with van der Waals surface area (Å²) in [6.07, 6.45) is -2.55. The first-order valence-corrected chi connectivity index (χ1v) is 9.12. The van der Waals surface area contributed by atoms with Crippen molar-refractivity contribution in [1.29, 1.82) is 0 Å². The minimum atomic E-state index is -4.75. The fraction of sp³-hybridized carbons (Fsp3) is 0.222. The number of aromatic nitrogens is 3. The number of rotatable bonds is 6. The number of carbonyl (C=O) groups excluding carboxylic acids is 1. The van der Waals surface area contributed by atoms with E-state index in [0.29, 0.717) is 11.4 Å². The number of halogens is 3. The Bertz CT molecular complexity index is 1010. The molecular formula is C18H15F3N4O3S. The summed E-state index contributed by atoms with van der Waals surface area (Å²) < 4.78 is 50.6. The van der Waals surface area contributed by atoms with Crippen LogP contribution >= 0.6 is 11.3 Å². The molecule has 0 unspecified atom stereocenters. The standard InChI is InChI=1S/C18H15F3N4O3S/c1-3-28-16(26)13-9-22-15(29-13)12-8-23-17(25-14(12)18(19,20)21)24-10-4-6-11(27-2)7-5-10/h4-9H,3H2,1-2H3,(H,23,24,25). The fourth-order valence-electron chi connectivity index (χ4n) is 2.31. The van der Waals surface area contributed by atoms with Gasteiger partial charge in [0.05, 0.1) is 25.5 Å². The summed E-state index contributed by atoms with van der Waals surface area (Å²) in [6, 6.07) is 6.54. The zero-order valence-corrected chi connectivity index (χ0v) is 16.1. The average molecular weight is 424 g/mol. The van der Waals surface area contributed by atoms with Crippen LogP contribution < -0.4 is 10.1 Å². The Hall–Kier alpha value is -3.21. The minimum absolute atomic E-state index is 0.0311. The molecule has 0 spiro atoms. The third-order valence-corrected chi connectivity index (χ3v) is 4.63. The van der Waals surface area contributed by atoms with Crippen molar-refractivity contribution in [2.45, 2.75) is 13.1 Å². The van der Waals surface area contributed by atoms with Crippen molar-refractivity contribution in [3.63, 3.8) is 0 Å². The maximum atomic E-state index is 13.6. The predicted octanol–water partition coefficient (Wildman–Crippen LogP) is 4.55. The first-order chi connectivity index (χ1) is 13.8. The Balaban J connectivity index is 1.93. The highest BCUT2D eigenvalue weighted by atomic mass is 32.1. The van der Waals surface area contributed by atoms with Crippen LogP contribution in [0.5, 0.6) is 5.75 Å². The van der Waals surface area contributed by atoms with Crippen LogP contribution in [-0.2, 0) is 10.9 Å². The van der Waals surface area contributed by atoms with E-state index in [1.54, 1.807) is 31.2 Å². The molecule has 0 saturated carbocycles. The summed E-state index contributed by atoms with van der Waals surface area (Å²) in [5.74, 6) is -0.277. The van der Waals surface area contributed by atoms with Gasteiger partial charge in [-0.15, -0.1) is 11.3 Å². The third kappa shape index (κ3) is 4.80. The molecule has 7 nitrogen and oxygen atoms in total. The zero-order valence-electron chi connectivity index (χ0n) is 15.3. The molecule has 2 heterocycles. The van der Waals surface area contributed by atoms with Gasteiger partial charge < -0.3 is 14.8 Å². The minimum Gasteiger partial charge on any atom is -0.497 e. The quantitative estimate of drug-likeness (QED) is 0.581. The molecule has 1 N–H and O–H groups in total. The highest BCUT2D eigenvalue weighted by molar-refractivity contribution is 7.16. The Kier molecular flexibility index (Phi) is 5.97. The molecule has 0 radical (unpaired) electrons. The maximum Gasteiger partial charge on any atom is 0.434 e. The molecule has 0 atom stereocenters. The normalized spacial score (nSPS) is 11.2. The van der Waals surface area contributed by atoms with Crippen molar-refractivity contribution in [2.24, 2.45) is 0 Å². The number of ether oxygens (including phenoxy) is 2. The van der Waals surface area contributed by atoms with E-state index in [0.717, 1.165) is 17.5 Å². The molecular weight excluding hydrogens is 409 g/mol. The molecule has 1 aromatic carbocycles. The lowest BCUT2D eigenvalue weighted by Gasteiger charge is -2.12. The van der Waals surface area contributed by atoms with Crippen LogP contribution in [0.1, 0.15) is 22.3 Å². The van der Waals surface area contributed by atoms with Gasteiger partial charge in [0.25, 0.3) is 0 Å². The second kappa shape index (κ2) is 8.43. The third-order valence-electron chi connectivity index (χ3n) is 3.62. The Morgan fingerprint density at radius 3 is 2.52 bits per heavy atom. The van der Waals surface area contributed by atoms with Gasteiger partial charge in [0.2, 0.25) is 5.95 Å². The number of hydrogen-bond acceptors (Lipinski definition) is 8. The van der Waals surface area contributed by atoms with Gasteiger partial charge in [-0.2, -0.15) is 13.2 Å². The lowest BCUT2D eigenvalue weighted by atomic mass is 10.2. The molecule has 0 aliphatic rings. The van der Waals surface area contributed by atoms with Crippen molar-refractivity contribution >= 4 is 28.9 Å². The summed E-state index contributed by atoms with van der Waals surface area (Å²) in [6.45, 7) is 1.78. The van der Waals surface area contributed by atoms with Crippen LogP contribution in [0, 0.1) is 0 Å². The molecule has 29 heavy (non-hydrogen) atoms. The number of esters is 1. The molecule has 2 aromatic heterocycles. The van der Waals surface area contributed by atoms with Gasteiger partial charge in [-0.3, -0.25) is 0 Å². The van der Waals surface area contributed by atoms with E-state index in [1.807, 2.05) is 0 Å². The highest BCUT2D eigenvalue weighted by Gasteiger charge is 2.37. The van der Waals surface area contributed by atoms with E-state index in [9.17, 15) is 18.0 Å². The molecule has 0 amide bonds. The van der Waals surface area contributed by atoms with E-state index in [-0.39, 0.29) is 28.0 Å². The van der Waals surface area contributed by atoms with E-state index >= 15 is 0 Å². The number of nitrogens with zero attached hydrogens (tertiary/aromatic N) is 3. The average Bonchev–Trinajstić information content (AvgIpc) is 3.18. The number of benzene rings is 1. The number of anilines is 2. The van der Waals surface area contributed by atoms with Gasteiger partial charge in [0.15, 0.2) is 5.69 Å². The SMILES string of the molecule is CCOC(=O)c1cnc(-c2cnc(Nc3ccc(OC)cc3)nc2C(F)(F)F)s1. The molecule has 0 bridgehead atoms. The monoisotopic (exact) mass is 424 g/mol. The van der Waals surface area contributed by atoms with Crippen molar-refractivity contribution in [1.82, 2.24) is 15.0 Å². The van der Waals surface area contributed by atoms with E-state index in [1.165, 1.54) is 13.3 Å². The number of alkyl halides is 3. The molecule has 0 aliphatic carbocycles. The first kappa shape index (κ1) is 20.5. The number of methoxy groups -OCH3 is 1. The largest absolute Gasteiger partial charge is 0.497 e. The lowest BCUT2D eigenvalue weighted by molar-refractivity contribution is -0.140. The molecule has 3 rings (SSSR count). The first-order valence-electron chi connectivity index (χ1n) is 8.30. The molecule has 3 aromatic rings. The summed E-state index contributed by atoms with van der Waals surface area (Å²) >= 11 is 0.778. The molecule has 0 saturated heterocycles. The molecule has 152 valence electrons. The molecule has 0 fully saturated rings. The van der Waals surface area contributed by atoms with Crippen molar-refractivity contribution < 1.29 is 27.4 Å². The van der Waals surface area contributed by atoms with Gasteiger partial charge >= 0.3 is 12.1 Å². The molecule has 11 heteroatoms. The Morgan fingerprint density at radius 1 is 1.17 bits per heavy atom. The summed E-state index contributed by atoms with van der Waals surface area (Å²) in [5, 5.41) is 2.69. The Morgan fingerprint density at radius 2 is 1.90 bits per heavy atom. The van der Waals surface area contributed by atoms with Crippen LogP contribution in [0.25, 0.3) is 10.6 Å². The van der Waals surface area contributed by atoms with E-state index in [2.05, 4.69) is 20.3 Å². The van der Waals surface area contributed by atoms with Crippen molar-refractivity contribution in [2.75, 3.05) is 19.0 Å².